The Morgan fingerprint density at radius 3 is 2.35 bits per heavy atom. The Labute approximate surface area is 148 Å². The number of aromatic nitrogens is 1. The van der Waals surface area contributed by atoms with Crippen molar-refractivity contribution in [1.29, 1.82) is 0 Å². The lowest BCUT2D eigenvalue weighted by Gasteiger charge is -1.99. The smallest absolute Gasteiger partial charge is 0.145 e. The minimum atomic E-state index is 0.951. The van der Waals surface area contributed by atoms with Crippen LogP contribution >= 0.6 is 0 Å². The zero-order valence-corrected chi connectivity index (χ0v) is 13.9. The summed E-state index contributed by atoms with van der Waals surface area (Å²) in [6, 6.07) is 25.9. The highest BCUT2D eigenvalue weighted by Crippen LogP contribution is 2.42. The van der Waals surface area contributed by atoms with E-state index in [0.29, 0.717) is 0 Å². The van der Waals surface area contributed by atoms with Crippen molar-refractivity contribution in [2.75, 3.05) is 0 Å². The summed E-state index contributed by atoms with van der Waals surface area (Å²) in [6.07, 6.45) is 2.18. The van der Waals surface area contributed by atoms with E-state index in [1.54, 1.807) is 0 Å². The standard InChI is InChI=1S/C24H13NO/c1-2-6-15-13-20-19(11-14(15)5-1)22-23-16(9-10-25(20)23)12-18-17-7-3-4-8-21(17)26-24(18)22/h1-13H. The maximum atomic E-state index is 6.34. The van der Waals surface area contributed by atoms with Crippen molar-refractivity contribution >= 4 is 59.9 Å². The van der Waals surface area contributed by atoms with E-state index in [1.807, 2.05) is 6.07 Å². The van der Waals surface area contributed by atoms with Gasteiger partial charge in [-0.05, 0) is 41.1 Å². The zero-order chi connectivity index (χ0) is 16.8. The first-order chi connectivity index (χ1) is 12.9. The van der Waals surface area contributed by atoms with Crippen molar-refractivity contribution in [3.05, 3.63) is 79.0 Å². The first-order valence-corrected chi connectivity index (χ1v) is 8.87. The van der Waals surface area contributed by atoms with Crippen LogP contribution in [0.2, 0.25) is 0 Å². The molecule has 0 aliphatic rings. The molecule has 0 saturated carbocycles. The molecule has 3 heterocycles. The maximum Gasteiger partial charge on any atom is 0.145 e. The van der Waals surface area contributed by atoms with E-state index in [4.69, 9.17) is 4.42 Å². The predicted octanol–water partition coefficient (Wildman–Crippen LogP) is 6.74. The van der Waals surface area contributed by atoms with Gasteiger partial charge in [-0.3, -0.25) is 0 Å². The second-order valence-corrected chi connectivity index (χ2v) is 7.07. The summed E-state index contributed by atoms with van der Waals surface area (Å²) in [5.74, 6) is 0. The van der Waals surface area contributed by atoms with Gasteiger partial charge in [-0.1, -0.05) is 42.5 Å². The minimum Gasteiger partial charge on any atom is -0.455 e. The summed E-state index contributed by atoms with van der Waals surface area (Å²) in [5, 5.41) is 8.65. The predicted molar refractivity (Wildman–Crippen MR) is 108 cm³/mol. The topological polar surface area (TPSA) is 17.6 Å². The van der Waals surface area contributed by atoms with Crippen LogP contribution in [0.5, 0.6) is 0 Å². The Hall–Kier alpha value is -3.52. The normalized spacial score (nSPS) is 12.6. The van der Waals surface area contributed by atoms with Gasteiger partial charge in [0.25, 0.3) is 0 Å². The highest BCUT2D eigenvalue weighted by atomic mass is 16.3. The number of para-hydroxylation sites is 1. The molecule has 2 nitrogen and oxygen atoms in total. The number of hydrogen-bond donors (Lipinski definition) is 0. The number of hydrogen-bond acceptors (Lipinski definition) is 1. The molecule has 0 aliphatic carbocycles. The Balaban J connectivity index is 1.86. The van der Waals surface area contributed by atoms with Crippen LogP contribution in [-0.4, -0.2) is 4.40 Å². The summed E-state index contributed by atoms with van der Waals surface area (Å²) in [4.78, 5) is 0. The monoisotopic (exact) mass is 331 g/mol. The molecule has 0 saturated heterocycles. The van der Waals surface area contributed by atoms with E-state index in [0.717, 1.165) is 11.2 Å². The molecule has 0 atom stereocenters. The molecule has 7 aromatic rings. The van der Waals surface area contributed by atoms with Gasteiger partial charge in [0.15, 0.2) is 0 Å². The number of rotatable bonds is 0. The van der Waals surface area contributed by atoms with E-state index < -0.39 is 0 Å². The van der Waals surface area contributed by atoms with Gasteiger partial charge in [0.2, 0.25) is 0 Å². The molecule has 0 spiro atoms. The van der Waals surface area contributed by atoms with E-state index in [9.17, 15) is 0 Å². The molecule has 120 valence electrons. The SMILES string of the molecule is c1ccc2cc3c(cc2c1)c1c2oc4ccccc4c2cc2ccn3c21. The zero-order valence-electron chi connectivity index (χ0n) is 13.9. The third-order valence-electron chi connectivity index (χ3n) is 5.71. The molecule has 0 unspecified atom stereocenters. The van der Waals surface area contributed by atoms with E-state index in [1.165, 1.54) is 48.7 Å². The lowest BCUT2D eigenvalue weighted by molar-refractivity contribution is 0.673. The van der Waals surface area contributed by atoms with Gasteiger partial charge in [0.05, 0.1) is 16.4 Å². The third kappa shape index (κ3) is 1.36. The highest BCUT2D eigenvalue weighted by Gasteiger charge is 2.19. The summed E-state index contributed by atoms with van der Waals surface area (Å²) in [6.45, 7) is 0. The highest BCUT2D eigenvalue weighted by molar-refractivity contribution is 6.29. The first-order valence-electron chi connectivity index (χ1n) is 8.87. The van der Waals surface area contributed by atoms with Crippen molar-refractivity contribution in [1.82, 2.24) is 4.40 Å². The largest absolute Gasteiger partial charge is 0.455 e. The molecule has 0 radical (unpaired) electrons. The number of furan rings is 1. The van der Waals surface area contributed by atoms with Crippen LogP contribution in [0.4, 0.5) is 0 Å². The first kappa shape index (κ1) is 12.8. The van der Waals surface area contributed by atoms with Crippen molar-refractivity contribution in [3.63, 3.8) is 0 Å². The fourth-order valence-electron chi connectivity index (χ4n) is 4.56. The van der Waals surface area contributed by atoms with Crippen LogP contribution in [0.3, 0.4) is 0 Å². The van der Waals surface area contributed by atoms with Crippen LogP contribution in [0, 0.1) is 0 Å². The average molecular weight is 331 g/mol. The van der Waals surface area contributed by atoms with Crippen LogP contribution < -0.4 is 0 Å². The van der Waals surface area contributed by atoms with E-state index in [-0.39, 0.29) is 0 Å². The molecule has 0 N–H and O–H groups in total. The molecular weight excluding hydrogens is 318 g/mol. The lowest BCUT2D eigenvalue weighted by Crippen LogP contribution is -1.77. The molecule has 4 aromatic carbocycles. The van der Waals surface area contributed by atoms with Gasteiger partial charge in [0, 0.05) is 27.7 Å². The van der Waals surface area contributed by atoms with Crippen LogP contribution in [0.25, 0.3) is 59.9 Å². The van der Waals surface area contributed by atoms with Gasteiger partial charge >= 0.3 is 0 Å². The molecule has 0 bridgehead atoms. The fraction of sp³-hybridized carbons (Fsp3) is 0. The van der Waals surface area contributed by atoms with Gasteiger partial charge < -0.3 is 8.82 Å². The molecule has 0 fully saturated rings. The van der Waals surface area contributed by atoms with Gasteiger partial charge in [-0.25, -0.2) is 0 Å². The van der Waals surface area contributed by atoms with Crippen molar-refractivity contribution in [2.45, 2.75) is 0 Å². The second kappa shape index (κ2) is 4.17. The third-order valence-corrected chi connectivity index (χ3v) is 5.71. The minimum absolute atomic E-state index is 0.951. The number of benzene rings is 4. The molecule has 26 heavy (non-hydrogen) atoms. The van der Waals surface area contributed by atoms with Crippen LogP contribution in [0.1, 0.15) is 0 Å². The Kier molecular flexibility index (Phi) is 2.05. The molecule has 3 aromatic heterocycles. The van der Waals surface area contributed by atoms with E-state index >= 15 is 0 Å². The molecule has 0 aliphatic heterocycles. The number of nitrogens with zero attached hydrogens (tertiary/aromatic N) is 1. The van der Waals surface area contributed by atoms with Crippen molar-refractivity contribution in [3.8, 4) is 0 Å². The molecule has 0 amide bonds. The summed E-state index contributed by atoms with van der Waals surface area (Å²) < 4.78 is 8.65. The molecular formula is C24H13NO. The van der Waals surface area contributed by atoms with Gasteiger partial charge in [-0.15, -0.1) is 0 Å². The van der Waals surface area contributed by atoms with Gasteiger partial charge in [0.1, 0.15) is 11.2 Å². The average Bonchev–Trinajstić information content (AvgIpc) is 3.34. The lowest BCUT2D eigenvalue weighted by atomic mass is 10.0. The number of fused-ring (bicyclic) bond motifs is 8. The summed E-state index contributed by atoms with van der Waals surface area (Å²) >= 11 is 0. The summed E-state index contributed by atoms with van der Waals surface area (Å²) in [7, 11) is 0. The van der Waals surface area contributed by atoms with Gasteiger partial charge in [-0.2, -0.15) is 0 Å². The summed E-state index contributed by atoms with van der Waals surface area (Å²) in [5.41, 5.74) is 4.43. The van der Waals surface area contributed by atoms with Crippen molar-refractivity contribution < 1.29 is 4.42 Å². The second-order valence-electron chi connectivity index (χ2n) is 7.07. The maximum absolute atomic E-state index is 6.34. The molecule has 7 rings (SSSR count). The van der Waals surface area contributed by atoms with Crippen LogP contribution in [-0.2, 0) is 0 Å². The van der Waals surface area contributed by atoms with Crippen LogP contribution in [0.15, 0.2) is 83.4 Å². The Morgan fingerprint density at radius 2 is 1.42 bits per heavy atom. The Bertz CT molecular complexity index is 1630. The molecule has 2 heteroatoms. The quantitative estimate of drug-likeness (QED) is 0.301. The van der Waals surface area contributed by atoms with Crippen molar-refractivity contribution in [2.24, 2.45) is 0 Å². The van der Waals surface area contributed by atoms with E-state index in [2.05, 4.69) is 77.3 Å². The fourth-order valence-corrected chi connectivity index (χ4v) is 4.56. The Morgan fingerprint density at radius 1 is 0.654 bits per heavy atom.